The Morgan fingerprint density at radius 3 is 2.29 bits per heavy atom. The summed E-state index contributed by atoms with van der Waals surface area (Å²) in [6.07, 6.45) is -0.411. The van der Waals surface area contributed by atoms with Gasteiger partial charge in [0.25, 0.3) is 0 Å². The third kappa shape index (κ3) is 8.61. The lowest BCUT2D eigenvalue weighted by Crippen LogP contribution is -2.31. The molecule has 14 heavy (non-hydrogen) atoms. The molecule has 3 nitrogen and oxygen atoms in total. The number of halogens is 3. The average Bonchev–Trinajstić information content (AvgIpc) is 2.09. The molecule has 7 heteroatoms. The SMILES string of the molecule is COC(CNCCSC(F)(F)F)OC. The zero-order chi connectivity index (χ0) is 11.0. The Kier molecular flexibility index (Phi) is 7.34. The minimum atomic E-state index is -4.15. The van der Waals surface area contributed by atoms with Crippen molar-refractivity contribution in [2.24, 2.45) is 0 Å². The van der Waals surface area contributed by atoms with Crippen molar-refractivity contribution in [1.29, 1.82) is 0 Å². The van der Waals surface area contributed by atoms with Gasteiger partial charge in [0.2, 0.25) is 0 Å². The van der Waals surface area contributed by atoms with E-state index < -0.39 is 11.8 Å². The summed E-state index contributed by atoms with van der Waals surface area (Å²) >= 11 is -0.0437. The van der Waals surface area contributed by atoms with E-state index in [1.54, 1.807) is 0 Å². The quantitative estimate of drug-likeness (QED) is 0.532. The predicted molar refractivity (Wildman–Crippen MR) is 49.2 cm³/mol. The van der Waals surface area contributed by atoms with Crippen LogP contribution < -0.4 is 5.32 Å². The van der Waals surface area contributed by atoms with Gasteiger partial charge in [-0.05, 0) is 11.8 Å². The third-order valence-corrected chi connectivity index (χ3v) is 2.12. The zero-order valence-corrected chi connectivity index (χ0v) is 8.87. The highest BCUT2D eigenvalue weighted by Gasteiger charge is 2.27. The molecule has 0 heterocycles. The molecule has 0 aromatic carbocycles. The second-order valence-electron chi connectivity index (χ2n) is 2.40. The lowest BCUT2D eigenvalue weighted by Gasteiger charge is -2.13. The molecule has 0 rings (SSSR count). The predicted octanol–water partition coefficient (Wildman–Crippen LogP) is 1.45. The summed E-state index contributed by atoms with van der Waals surface area (Å²) < 4.78 is 44.6. The maximum absolute atomic E-state index is 11.7. The molecular weight excluding hydrogens is 219 g/mol. The molecule has 0 aliphatic heterocycles. The van der Waals surface area contributed by atoms with Gasteiger partial charge in [0, 0.05) is 33.1 Å². The Hall–Kier alpha value is 0.0200. The summed E-state index contributed by atoms with van der Waals surface area (Å²) in [6.45, 7) is 0.652. The van der Waals surface area contributed by atoms with Gasteiger partial charge in [-0.25, -0.2) is 0 Å². The van der Waals surface area contributed by atoms with Gasteiger partial charge >= 0.3 is 5.51 Å². The number of methoxy groups -OCH3 is 2. The van der Waals surface area contributed by atoms with Crippen LogP contribution in [0.1, 0.15) is 0 Å². The molecule has 0 aliphatic rings. The summed E-state index contributed by atoms with van der Waals surface area (Å²) in [7, 11) is 2.95. The number of thioether (sulfide) groups is 1. The van der Waals surface area contributed by atoms with Gasteiger partial charge in [-0.3, -0.25) is 0 Å². The molecule has 0 unspecified atom stereocenters. The van der Waals surface area contributed by atoms with E-state index in [1.165, 1.54) is 14.2 Å². The number of hydrogen-bond donors (Lipinski definition) is 1. The normalized spacial score (nSPS) is 12.4. The van der Waals surface area contributed by atoms with Crippen molar-refractivity contribution in [1.82, 2.24) is 5.32 Å². The molecular formula is C7H14F3NO2S. The maximum Gasteiger partial charge on any atom is 0.441 e. The lowest BCUT2D eigenvalue weighted by atomic mass is 10.6. The van der Waals surface area contributed by atoms with E-state index in [-0.39, 0.29) is 24.1 Å². The van der Waals surface area contributed by atoms with E-state index in [0.29, 0.717) is 6.54 Å². The molecule has 0 saturated carbocycles. The molecule has 0 fully saturated rings. The Balaban J connectivity index is 3.29. The van der Waals surface area contributed by atoms with Gasteiger partial charge in [0.1, 0.15) is 0 Å². The van der Waals surface area contributed by atoms with Crippen molar-refractivity contribution in [3.8, 4) is 0 Å². The summed E-state index contributed by atoms with van der Waals surface area (Å²) in [4.78, 5) is 0. The average molecular weight is 233 g/mol. The van der Waals surface area contributed by atoms with E-state index in [0.717, 1.165) is 0 Å². The molecule has 0 spiro atoms. The summed E-state index contributed by atoms with van der Waals surface area (Å²) in [5.41, 5.74) is -4.15. The highest BCUT2D eigenvalue weighted by Crippen LogP contribution is 2.29. The van der Waals surface area contributed by atoms with Crippen LogP contribution >= 0.6 is 11.8 Å². The first-order chi connectivity index (χ1) is 6.49. The van der Waals surface area contributed by atoms with Crippen LogP contribution in [0.3, 0.4) is 0 Å². The first kappa shape index (κ1) is 14.0. The number of nitrogens with one attached hydrogen (secondary N) is 1. The molecule has 0 aromatic rings. The molecule has 0 aliphatic carbocycles. The Morgan fingerprint density at radius 1 is 1.29 bits per heavy atom. The molecule has 0 atom stereocenters. The molecule has 0 saturated heterocycles. The summed E-state index contributed by atoms with van der Waals surface area (Å²) in [6, 6.07) is 0. The fourth-order valence-electron chi connectivity index (χ4n) is 0.722. The molecule has 1 N–H and O–H groups in total. The highest BCUT2D eigenvalue weighted by molar-refractivity contribution is 8.00. The van der Waals surface area contributed by atoms with Crippen molar-refractivity contribution in [2.45, 2.75) is 11.8 Å². The summed E-state index contributed by atoms with van der Waals surface area (Å²) in [5, 5.41) is 2.79. The minimum Gasteiger partial charge on any atom is -0.355 e. The highest BCUT2D eigenvalue weighted by atomic mass is 32.2. The standard InChI is InChI=1S/C7H14F3NO2S/c1-12-6(13-2)5-11-3-4-14-7(8,9)10/h6,11H,3-5H2,1-2H3. The van der Waals surface area contributed by atoms with E-state index in [9.17, 15) is 13.2 Å². The second-order valence-corrected chi connectivity index (χ2v) is 3.56. The minimum absolute atomic E-state index is 0.0103. The van der Waals surface area contributed by atoms with E-state index in [4.69, 9.17) is 9.47 Å². The fourth-order valence-corrected chi connectivity index (χ4v) is 1.20. The van der Waals surface area contributed by atoms with Crippen LogP contribution in [0, 0.1) is 0 Å². The Bertz CT molecular complexity index is 141. The Morgan fingerprint density at radius 2 is 1.86 bits per heavy atom. The topological polar surface area (TPSA) is 30.5 Å². The van der Waals surface area contributed by atoms with E-state index >= 15 is 0 Å². The number of alkyl halides is 3. The van der Waals surface area contributed by atoms with Crippen molar-refractivity contribution in [3.63, 3.8) is 0 Å². The summed E-state index contributed by atoms with van der Waals surface area (Å²) in [5.74, 6) is -0.0103. The Labute approximate surface area is 85.3 Å². The van der Waals surface area contributed by atoms with Gasteiger partial charge in [-0.15, -0.1) is 0 Å². The number of ether oxygens (including phenoxy) is 2. The van der Waals surface area contributed by atoms with Crippen LogP contribution in [0.15, 0.2) is 0 Å². The van der Waals surface area contributed by atoms with E-state index in [1.807, 2.05) is 0 Å². The van der Waals surface area contributed by atoms with Crippen LogP contribution in [-0.4, -0.2) is 44.9 Å². The molecule has 0 bridgehead atoms. The van der Waals surface area contributed by atoms with Crippen LogP contribution in [-0.2, 0) is 9.47 Å². The van der Waals surface area contributed by atoms with Gasteiger partial charge < -0.3 is 14.8 Å². The van der Waals surface area contributed by atoms with Crippen molar-refractivity contribution in [3.05, 3.63) is 0 Å². The zero-order valence-electron chi connectivity index (χ0n) is 8.06. The second kappa shape index (κ2) is 7.33. The van der Waals surface area contributed by atoms with Gasteiger partial charge in [-0.1, -0.05) is 0 Å². The van der Waals surface area contributed by atoms with Crippen LogP contribution in [0.2, 0.25) is 0 Å². The van der Waals surface area contributed by atoms with Crippen molar-refractivity contribution in [2.75, 3.05) is 33.1 Å². The third-order valence-electron chi connectivity index (χ3n) is 1.38. The van der Waals surface area contributed by atoms with Gasteiger partial charge in [0.05, 0.1) is 0 Å². The molecule has 0 amide bonds. The van der Waals surface area contributed by atoms with Crippen molar-refractivity contribution >= 4 is 11.8 Å². The smallest absolute Gasteiger partial charge is 0.355 e. The first-order valence-electron chi connectivity index (χ1n) is 3.96. The molecule has 0 aromatic heterocycles. The fraction of sp³-hybridized carbons (Fsp3) is 1.00. The molecule has 86 valence electrons. The number of hydrogen-bond acceptors (Lipinski definition) is 4. The van der Waals surface area contributed by atoms with Crippen molar-refractivity contribution < 1.29 is 22.6 Å². The van der Waals surface area contributed by atoms with Crippen LogP contribution in [0.5, 0.6) is 0 Å². The lowest BCUT2D eigenvalue weighted by molar-refractivity contribution is -0.0984. The monoisotopic (exact) mass is 233 g/mol. The van der Waals surface area contributed by atoms with Gasteiger partial charge in [-0.2, -0.15) is 13.2 Å². The van der Waals surface area contributed by atoms with Crippen LogP contribution in [0.4, 0.5) is 13.2 Å². The van der Waals surface area contributed by atoms with Gasteiger partial charge in [0.15, 0.2) is 6.29 Å². The van der Waals surface area contributed by atoms with E-state index in [2.05, 4.69) is 5.32 Å². The van der Waals surface area contributed by atoms with Crippen LogP contribution in [0.25, 0.3) is 0 Å². The molecule has 0 radical (unpaired) electrons. The largest absolute Gasteiger partial charge is 0.441 e. The first-order valence-corrected chi connectivity index (χ1v) is 4.95. The number of rotatable bonds is 7. The maximum atomic E-state index is 11.7.